The normalized spacial score (nSPS) is 15.0. The van der Waals surface area contributed by atoms with Crippen LogP contribution < -0.4 is 0 Å². The van der Waals surface area contributed by atoms with Crippen molar-refractivity contribution in [3.05, 3.63) is 78.3 Å². The minimum atomic E-state index is -0.948. The largest absolute Gasteiger partial charge is 0.444 e. The van der Waals surface area contributed by atoms with Gasteiger partial charge >= 0.3 is 5.97 Å². The number of rotatable bonds is 5. The van der Waals surface area contributed by atoms with E-state index in [4.69, 9.17) is 9.15 Å². The lowest BCUT2D eigenvalue weighted by Gasteiger charge is -2.30. The lowest BCUT2D eigenvalue weighted by atomic mass is 10.1. The smallest absolute Gasteiger partial charge is 0.339 e. The molecule has 0 spiro atoms. The van der Waals surface area contributed by atoms with Crippen LogP contribution in [0.4, 0.5) is 0 Å². The summed E-state index contributed by atoms with van der Waals surface area (Å²) in [6.45, 7) is 1.40. The molecule has 29 heavy (non-hydrogen) atoms. The Morgan fingerprint density at radius 1 is 0.966 bits per heavy atom. The van der Waals surface area contributed by atoms with Crippen LogP contribution in [-0.2, 0) is 9.53 Å². The van der Waals surface area contributed by atoms with Gasteiger partial charge in [0.2, 0.25) is 6.10 Å². The van der Waals surface area contributed by atoms with Gasteiger partial charge in [0.15, 0.2) is 12.2 Å². The van der Waals surface area contributed by atoms with Crippen LogP contribution in [0.15, 0.2) is 71.6 Å². The molecule has 2 heterocycles. The number of oxazole rings is 1. The molecule has 0 bridgehead atoms. The van der Waals surface area contributed by atoms with Crippen molar-refractivity contribution in [1.82, 2.24) is 9.88 Å². The highest BCUT2D eigenvalue weighted by atomic mass is 16.5. The van der Waals surface area contributed by atoms with Gasteiger partial charge in [-0.1, -0.05) is 42.5 Å². The molecule has 0 aliphatic carbocycles. The molecule has 1 aliphatic heterocycles. The van der Waals surface area contributed by atoms with Crippen molar-refractivity contribution in [2.24, 2.45) is 0 Å². The van der Waals surface area contributed by atoms with E-state index in [2.05, 4.69) is 4.98 Å². The maximum Gasteiger partial charge on any atom is 0.339 e. The average Bonchev–Trinajstić information content (AvgIpc) is 3.33. The van der Waals surface area contributed by atoms with Gasteiger partial charge in [0.25, 0.3) is 5.91 Å². The number of likely N-dealkylation sites (tertiary alicyclic amines) is 1. The predicted molar refractivity (Wildman–Crippen MR) is 107 cm³/mol. The number of amides is 1. The van der Waals surface area contributed by atoms with E-state index in [1.807, 2.05) is 30.3 Å². The van der Waals surface area contributed by atoms with Crippen molar-refractivity contribution in [2.75, 3.05) is 13.1 Å². The fourth-order valence-electron chi connectivity index (χ4n) is 3.47. The fraction of sp³-hybridized carbons (Fsp3) is 0.261. The third-order valence-corrected chi connectivity index (χ3v) is 5.06. The number of hydrogen-bond acceptors (Lipinski definition) is 5. The molecule has 1 amide bonds. The van der Waals surface area contributed by atoms with Gasteiger partial charge in [0.05, 0.1) is 11.8 Å². The number of aromatic nitrogens is 1. The van der Waals surface area contributed by atoms with Gasteiger partial charge in [-0.15, -0.1) is 0 Å². The molecule has 1 aliphatic rings. The Balaban J connectivity index is 1.53. The number of esters is 1. The molecular formula is C23H22N2O4. The summed E-state index contributed by atoms with van der Waals surface area (Å²) in [5.41, 5.74) is 1.86. The van der Waals surface area contributed by atoms with Crippen LogP contribution in [-0.4, -0.2) is 34.8 Å². The van der Waals surface area contributed by atoms with Crippen LogP contribution in [0.25, 0.3) is 11.3 Å². The summed E-state index contributed by atoms with van der Waals surface area (Å²) in [5.74, 6) is -0.0804. The van der Waals surface area contributed by atoms with Gasteiger partial charge in [-0.2, -0.15) is 0 Å². The molecule has 6 heteroatoms. The zero-order chi connectivity index (χ0) is 20.1. The summed E-state index contributed by atoms with van der Waals surface area (Å²) < 4.78 is 11.0. The third-order valence-electron chi connectivity index (χ3n) is 5.06. The predicted octanol–water partition coefficient (Wildman–Crippen LogP) is 4.25. The van der Waals surface area contributed by atoms with Crippen molar-refractivity contribution in [3.63, 3.8) is 0 Å². The van der Waals surface area contributed by atoms with E-state index >= 15 is 0 Å². The number of piperidine rings is 1. The van der Waals surface area contributed by atoms with Crippen molar-refractivity contribution in [1.29, 1.82) is 0 Å². The number of carbonyl (C=O) groups is 2. The highest BCUT2D eigenvalue weighted by molar-refractivity contribution is 5.93. The molecule has 3 aromatic rings. The first kappa shape index (κ1) is 18.9. The molecule has 0 saturated carbocycles. The molecular weight excluding hydrogens is 368 g/mol. The SMILES string of the molecule is O=C(O[C@H](C(=O)N1CCCCC1)c1ccccc1)c1ccc(-c2cnco2)cc1. The summed E-state index contributed by atoms with van der Waals surface area (Å²) in [7, 11) is 0. The Morgan fingerprint density at radius 2 is 1.69 bits per heavy atom. The van der Waals surface area contributed by atoms with Crippen LogP contribution in [0.2, 0.25) is 0 Å². The van der Waals surface area contributed by atoms with E-state index in [-0.39, 0.29) is 5.91 Å². The maximum atomic E-state index is 13.1. The van der Waals surface area contributed by atoms with E-state index in [1.54, 1.807) is 35.4 Å². The molecule has 0 N–H and O–H groups in total. The Morgan fingerprint density at radius 3 is 2.34 bits per heavy atom. The minimum absolute atomic E-state index is 0.164. The summed E-state index contributed by atoms with van der Waals surface area (Å²) in [6, 6.07) is 16.0. The topological polar surface area (TPSA) is 72.6 Å². The van der Waals surface area contributed by atoms with Gasteiger partial charge in [-0.25, -0.2) is 9.78 Å². The first-order valence-electron chi connectivity index (χ1n) is 9.76. The van der Waals surface area contributed by atoms with Gasteiger partial charge < -0.3 is 14.1 Å². The average molecular weight is 390 g/mol. The van der Waals surface area contributed by atoms with Crippen LogP contribution in [0.5, 0.6) is 0 Å². The highest BCUT2D eigenvalue weighted by Gasteiger charge is 2.30. The van der Waals surface area contributed by atoms with Gasteiger partial charge in [0, 0.05) is 24.2 Å². The highest BCUT2D eigenvalue weighted by Crippen LogP contribution is 2.25. The molecule has 1 fully saturated rings. The second-order valence-corrected chi connectivity index (χ2v) is 7.03. The Hall–Kier alpha value is -3.41. The first-order chi connectivity index (χ1) is 14.2. The quantitative estimate of drug-likeness (QED) is 0.609. The zero-order valence-electron chi connectivity index (χ0n) is 16.0. The molecule has 0 radical (unpaired) electrons. The van der Waals surface area contributed by atoms with E-state index in [0.717, 1.165) is 24.8 Å². The molecule has 0 unspecified atom stereocenters. The molecule has 6 nitrogen and oxygen atoms in total. The minimum Gasteiger partial charge on any atom is -0.444 e. The molecule has 1 saturated heterocycles. The Kier molecular flexibility index (Phi) is 5.70. The van der Waals surface area contributed by atoms with Crippen LogP contribution in [0, 0.1) is 0 Å². The van der Waals surface area contributed by atoms with Crippen molar-refractivity contribution < 1.29 is 18.7 Å². The lowest BCUT2D eigenvalue weighted by molar-refractivity contribution is -0.142. The van der Waals surface area contributed by atoms with E-state index in [0.29, 0.717) is 30.0 Å². The molecule has 2 aromatic carbocycles. The molecule has 1 atom stereocenters. The van der Waals surface area contributed by atoms with E-state index < -0.39 is 12.1 Å². The van der Waals surface area contributed by atoms with Crippen molar-refractivity contribution in [2.45, 2.75) is 25.4 Å². The molecule has 148 valence electrons. The van der Waals surface area contributed by atoms with Crippen LogP contribution in [0.1, 0.15) is 41.3 Å². The first-order valence-corrected chi connectivity index (χ1v) is 9.76. The van der Waals surface area contributed by atoms with Gasteiger partial charge in [-0.3, -0.25) is 4.79 Å². The number of carbonyl (C=O) groups excluding carboxylic acids is 2. The standard InChI is InChI=1S/C23H22N2O4/c26-22(25-13-5-2-6-14-25)21(18-7-3-1-4-8-18)29-23(27)19-11-9-17(10-12-19)20-15-24-16-28-20/h1,3-4,7-12,15-16,21H,2,5-6,13-14H2/t21-/m0/s1. The summed E-state index contributed by atoms with van der Waals surface area (Å²) in [4.78, 5) is 31.6. The van der Waals surface area contributed by atoms with Gasteiger partial charge in [-0.05, 0) is 31.4 Å². The number of nitrogens with zero attached hydrogens (tertiary/aromatic N) is 2. The monoisotopic (exact) mass is 390 g/mol. The summed E-state index contributed by atoms with van der Waals surface area (Å²) >= 11 is 0. The third kappa shape index (κ3) is 4.37. The Labute approximate surface area is 169 Å². The fourth-order valence-corrected chi connectivity index (χ4v) is 3.47. The maximum absolute atomic E-state index is 13.1. The second-order valence-electron chi connectivity index (χ2n) is 7.03. The number of ether oxygens (including phenoxy) is 1. The zero-order valence-corrected chi connectivity index (χ0v) is 16.0. The Bertz CT molecular complexity index is 946. The number of benzene rings is 2. The van der Waals surface area contributed by atoms with E-state index in [1.165, 1.54) is 6.39 Å². The summed E-state index contributed by atoms with van der Waals surface area (Å²) in [5, 5.41) is 0. The lowest BCUT2D eigenvalue weighted by Crippen LogP contribution is -2.40. The summed E-state index contributed by atoms with van der Waals surface area (Å²) in [6.07, 6.45) is 5.09. The van der Waals surface area contributed by atoms with Crippen LogP contribution in [0.3, 0.4) is 0 Å². The molecule has 1 aromatic heterocycles. The van der Waals surface area contributed by atoms with Crippen molar-refractivity contribution >= 4 is 11.9 Å². The van der Waals surface area contributed by atoms with Gasteiger partial charge in [0.1, 0.15) is 0 Å². The number of hydrogen-bond donors (Lipinski definition) is 0. The van der Waals surface area contributed by atoms with Crippen LogP contribution >= 0.6 is 0 Å². The van der Waals surface area contributed by atoms with E-state index in [9.17, 15) is 9.59 Å². The molecule has 4 rings (SSSR count). The van der Waals surface area contributed by atoms with Crippen molar-refractivity contribution in [3.8, 4) is 11.3 Å². The second kappa shape index (κ2) is 8.73.